The fourth-order valence-corrected chi connectivity index (χ4v) is 2.65. The number of hydrogen-bond donors (Lipinski definition) is 3. The van der Waals surface area contributed by atoms with E-state index < -0.39 is 0 Å². The van der Waals surface area contributed by atoms with Gasteiger partial charge in [0.2, 0.25) is 5.82 Å². The number of hydrogen-bond acceptors (Lipinski definition) is 5. The van der Waals surface area contributed by atoms with Crippen molar-refractivity contribution in [1.82, 2.24) is 20.6 Å². The number of aromatic amines is 1. The predicted octanol–water partition coefficient (Wildman–Crippen LogP) is 3.86. The van der Waals surface area contributed by atoms with Crippen molar-refractivity contribution < 1.29 is 0 Å². The summed E-state index contributed by atoms with van der Waals surface area (Å²) in [6.45, 7) is 0. The van der Waals surface area contributed by atoms with Crippen LogP contribution in [-0.2, 0) is 0 Å². The normalized spacial score (nSPS) is 10.6. The second-order valence-corrected chi connectivity index (χ2v) is 5.61. The number of H-pyrrole nitrogens is 1. The molecule has 4 aromatic rings. The second kappa shape index (κ2) is 6.45. The monoisotopic (exact) mass is 328 g/mol. The van der Waals surface area contributed by atoms with Crippen LogP contribution in [0.2, 0.25) is 0 Å². The molecule has 0 amide bonds. The fourth-order valence-electron chi connectivity index (χ4n) is 2.65. The summed E-state index contributed by atoms with van der Waals surface area (Å²) in [5.41, 5.74) is 11.7. The maximum Gasteiger partial charge on any atom is 0.204 e. The molecule has 0 saturated heterocycles. The number of anilines is 3. The van der Waals surface area contributed by atoms with Crippen molar-refractivity contribution in [2.24, 2.45) is 0 Å². The summed E-state index contributed by atoms with van der Waals surface area (Å²) >= 11 is 0. The molecule has 0 spiro atoms. The van der Waals surface area contributed by atoms with Gasteiger partial charge in [-0.25, -0.2) is 0 Å². The van der Waals surface area contributed by atoms with E-state index in [4.69, 9.17) is 5.73 Å². The van der Waals surface area contributed by atoms with Crippen LogP contribution in [0.3, 0.4) is 0 Å². The number of nitrogens with one attached hydrogen (secondary N) is 2. The average Bonchev–Trinajstić information content (AvgIpc) is 3.19. The summed E-state index contributed by atoms with van der Waals surface area (Å²) in [4.78, 5) is 0. The Morgan fingerprint density at radius 2 is 1.64 bits per heavy atom. The molecular weight excluding hydrogens is 312 g/mol. The number of nitrogens with two attached hydrogens (primary N) is 1. The first-order valence-corrected chi connectivity index (χ1v) is 7.85. The Morgan fingerprint density at radius 3 is 2.44 bits per heavy atom. The lowest BCUT2D eigenvalue weighted by Crippen LogP contribution is -1.97. The average molecular weight is 328 g/mol. The lowest BCUT2D eigenvalue weighted by molar-refractivity contribution is 0.881. The molecule has 3 aromatic carbocycles. The summed E-state index contributed by atoms with van der Waals surface area (Å²) in [5.74, 6) is 0.529. The Bertz CT molecular complexity index is 980. The van der Waals surface area contributed by atoms with Gasteiger partial charge in [-0.1, -0.05) is 42.5 Å². The van der Waals surface area contributed by atoms with Crippen LogP contribution in [0.15, 0.2) is 72.8 Å². The minimum absolute atomic E-state index is 0.529. The van der Waals surface area contributed by atoms with Gasteiger partial charge < -0.3 is 11.1 Å². The number of tetrazole rings is 1. The van der Waals surface area contributed by atoms with Crippen molar-refractivity contribution >= 4 is 17.1 Å². The Balaban J connectivity index is 1.65. The molecule has 4 rings (SSSR count). The molecule has 0 radical (unpaired) electrons. The van der Waals surface area contributed by atoms with E-state index in [1.165, 1.54) is 5.56 Å². The highest BCUT2D eigenvalue weighted by molar-refractivity contribution is 5.79. The molecule has 6 nitrogen and oxygen atoms in total. The van der Waals surface area contributed by atoms with Gasteiger partial charge in [-0.2, -0.15) is 5.21 Å². The molecule has 122 valence electrons. The zero-order valence-corrected chi connectivity index (χ0v) is 13.3. The molecule has 4 N–H and O–H groups in total. The maximum absolute atomic E-state index is 6.11. The molecule has 6 heteroatoms. The molecule has 1 aromatic heterocycles. The van der Waals surface area contributed by atoms with Gasteiger partial charge in [-0.15, -0.1) is 10.2 Å². The molecule has 1 heterocycles. The zero-order valence-electron chi connectivity index (χ0n) is 13.3. The first-order valence-electron chi connectivity index (χ1n) is 7.85. The summed E-state index contributed by atoms with van der Waals surface area (Å²) in [5, 5.41) is 17.4. The largest absolute Gasteiger partial charge is 0.397 e. The Labute approximate surface area is 144 Å². The third-order valence-corrected chi connectivity index (χ3v) is 3.91. The molecule has 0 unspecified atom stereocenters. The lowest BCUT2D eigenvalue weighted by atomic mass is 10.1. The molecular formula is C19H16N6. The highest BCUT2D eigenvalue weighted by Gasteiger charge is 2.07. The Hall–Kier alpha value is -3.67. The van der Waals surface area contributed by atoms with E-state index in [2.05, 4.69) is 50.2 Å². The smallest absolute Gasteiger partial charge is 0.204 e. The summed E-state index contributed by atoms with van der Waals surface area (Å²) in [6, 6.07) is 24.1. The van der Waals surface area contributed by atoms with Gasteiger partial charge in [0, 0.05) is 11.3 Å². The van der Waals surface area contributed by atoms with Gasteiger partial charge in [0.1, 0.15) is 0 Å². The topological polar surface area (TPSA) is 92.5 Å². The van der Waals surface area contributed by atoms with E-state index >= 15 is 0 Å². The van der Waals surface area contributed by atoms with E-state index in [1.54, 1.807) is 0 Å². The summed E-state index contributed by atoms with van der Waals surface area (Å²) in [7, 11) is 0. The van der Waals surface area contributed by atoms with Crippen molar-refractivity contribution in [3.05, 3.63) is 72.8 Å². The predicted molar refractivity (Wildman–Crippen MR) is 99.2 cm³/mol. The van der Waals surface area contributed by atoms with E-state index in [0.29, 0.717) is 11.5 Å². The molecule has 0 aliphatic rings. The number of nitrogen functional groups attached to an aromatic ring is 1. The lowest BCUT2D eigenvalue weighted by Gasteiger charge is -2.12. The van der Waals surface area contributed by atoms with Crippen LogP contribution < -0.4 is 11.1 Å². The van der Waals surface area contributed by atoms with Crippen LogP contribution in [0, 0.1) is 0 Å². The van der Waals surface area contributed by atoms with Gasteiger partial charge in [-0.05, 0) is 46.7 Å². The van der Waals surface area contributed by atoms with Gasteiger partial charge in [-0.3, -0.25) is 0 Å². The first-order chi connectivity index (χ1) is 12.3. The molecule has 0 bridgehead atoms. The second-order valence-electron chi connectivity index (χ2n) is 5.61. The fraction of sp³-hybridized carbons (Fsp3) is 0. The van der Waals surface area contributed by atoms with E-state index in [1.807, 2.05) is 48.5 Å². The number of rotatable bonds is 4. The zero-order chi connectivity index (χ0) is 17.1. The number of benzene rings is 3. The van der Waals surface area contributed by atoms with Gasteiger partial charge >= 0.3 is 0 Å². The highest BCUT2D eigenvalue weighted by Crippen LogP contribution is 2.29. The van der Waals surface area contributed by atoms with E-state index in [0.717, 1.165) is 22.5 Å². The molecule has 0 saturated carbocycles. The van der Waals surface area contributed by atoms with Crippen molar-refractivity contribution in [2.75, 3.05) is 11.1 Å². The first kappa shape index (κ1) is 14.9. The van der Waals surface area contributed by atoms with Crippen molar-refractivity contribution in [2.45, 2.75) is 0 Å². The van der Waals surface area contributed by atoms with Crippen LogP contribution in [0.25, 0.3) is 22.5 Å². The minimum atomic E-state index is 0.529. The van der Waals surface area contributed by atoms with E-state index in [9.17, 15) is 0 Å². The molecule has 0 aliphatic heterocycles. The number of nitrogens with zero attached hydrogens (tertiary/aromatic N) is 3. The Kier molecular flexibility index (Phi) is 3.84. The van der Waals surface area contributed by atoms with Crippen molar-refractivity contribution in [1.29, 1.82) is 0 Å². The van der Waals surface area contributed by atoms with Gasteiger partial charge in [0.05, 0.1) is 11.4 Å². The number of aromatic nitrogens is 4. The minimum Gasteiger partial charge on any atom is -0.397 e. The van der Waals surface area contributed by atoms with Crippen LogP contribution in [0.5, 0.6) is 0 Å². The maximum atomic E-state index is 6.11. The third kappa shape index (κ3) is 3.18. The van der Waals surface area contributed by atoms with Crippen LogP contribution >= 0.6 is 0 Å². The molecule has 0 fully saturated rings. The standard InChI is InChI=1S/C19H16N6/c20-17-10-9-15(19-22-24-25-23-19)12-18(17)21-16-8-4-7-14(11-16)13-5-2-1-3-6-13/h1-12,21H,20H2,(H,22,23,24,25). The quantitative estimate of drug-likeness (QED) is 0.495. The SMILES string of the molecule is Nc1ccc(-c2nn[nH]n2)cc1Nc1cccc(-c2ccccc2)c1. The van der Waals surface area contributed by atoms with Gasteiger partial charge in [0.25, 0.3) is 0 Å². The summed E-state index contributed by atoms with van der Waals surface area (Å²) < 4.78 is 0. The summed E-state index contributed by atoms with van der Waals surface area (Å²) in [6.07, 6.45) is 0. The molecule has 0 aliphatic carbocycles. The Morgan fingerprint density at radius 1 is 0.800 bits per heavy atom. The third-order valence-electron chi connectivity index (χ3n) is 3.91. The molecule has 0 atom stereocenters. The van der Waals surface area contributed by atoms with Crippen LogP contribution in [0.1, 0.15) is 0 Å². The van der Waals surface area contributed by atoms with Gasteiger partial charge in [0.15, 0.2) is 0 Å². The van der Waals surface area contributed by atoms with Crippen molar-refractivity contribution in [3.63, 3.8) is 0 Å². The van der Waals surface area contributed by atoms with Crippen LogP contribution in [-0.4, -0.2) is 20.6 Å². The molecule has 25 heavy (non-hydrogen) atoms. The van der Waals surface area contributed by atoms with E-state index in [-0.39, 0.29) is 0 Å². The van der Waals surface area contributed by atoms with Crippen molar-refractivity contribution in [3.8, 4) is 22.5 Å². The highest BCUT2D eigenvalue weighted by atomic mass is 15.5. The van der Waals surface area contributed by atoms with Crippen LogP contribution in [0.4, 0.5) is 17.1 Å².